The van der Waals surface area contributed by atoms with Crippen LogP contribution in [0.15, 0.2) is 60.7 Å². The van der Waals surface area contributed by atoms with Gasteiger partial charge in [0.15, 0.2) is 5.60 Å². The summed E-state index contributed by atoms with van der Waals surface area (Å²) in [4.78, 5) is 11.7. The first kappa shape index (κ1) is 19.8. The van der Waals surface area contributed by atoms with E-state index >= 15 is 0 Å². The lowest BCUT2D eigenvalue weighted by atomic mass is 10.0. The minimum Gasteiger partial charge on any atom is -0.454 e. The van der Waals surface area contributed by atoms with E-state index in [1.54, 1.807) is 0 Å². The van der Waals surface area contributed by atoms with E-state index < -0.39 is 13.9 Å². The largest absolute Gasteiger partial charge is 0.454 e. The molecule has 1 fully saturated rings. The third-order valence-electron chi connectivity index (χ3n) is 5.37. The number of aliphatic hydroxyl groups is 1. The summed E-state index contributed by atoms with van der Waals surface area (Å²) >= 11 is 0. The summed E-state index contributed by atoms with van der Waals surface area (Å²) in [6.07, 6.45) is 0.811. The van der Waals surface area contributed by atoms with Gasteiger partial charge in [-0.2, -0.15) is 0 Å². The van der Waals surface area contributed by atoms with Gasteiger partial charge in [-0.15, -0.1) is 0 Å². The molecule has 0 spiro atoms. The average Bonchev–Trinajstić information content (AvgIpc) is 3.04. The molecule has 1 aliphatic rings. The van der Waals surface area contributed by atoms with Crippen LogP contribution in [0.4, 0.5) is 0 Å². The normalized spacial score (nSPS) is 20.5. The molecule has 5 heteroatoms. The SMILES string of the molecule is CC(C)(C)[Si](OCC1(CO)CCC(=O)O1)(c1ccccc1)c1ccccc1. The molecule has 1 N–H and O–H groups in total. The zero-order chi connectivity index (χ0) is 19.5. The molecule has 0 saturated carbocycles. The summed E-state index contributed by atoms with van der Waals surface area (Å²) in [6, 6.07) is 20.6. The van der Waals surface area contributed by atoms with Crippen LogP contribution < -0.4 is 10.4 Å². The fourth-order valence-corrected chi connectivity index (χ4v) is 8.57. The Bertz CT molecular complexity index is 730. The number of esters is 1. The van der Waals surface area contributed by atoms with E-state index in [4.69, 9.17) is 9.16 Å². The molecule has 1 unspecified atom stereocenters. The Morgan fingerprint density at radius 2 is 1.56 bits per heavy atom. The van der Waals surface area contributed by atoms with Crippen LogP contribution >= 0.6 is 0 Å². The molecule has 0 bridgehead atoms. The van der Waals surface area contributed by atoms with Crippen molar-refractivity contribution in [3.8, 4) is 0 Å². The molecule has 1 saturated heterocycles. The molecule has 1 aliphatic heterocycles. The molecule has 0 amide bonds. The molecule has 1 atom stereocenters. The zero-order valence-electron chi connectivity index (χ0n) is 16.3. The fourth-order valence-electron chi connectivity index (χ4n) is 3.93. The Kier molecular flexibility index (Phi) is 5.56. The first-order chi connectivity index (χ1) is 12.8. The van der Waals surface area contributed by atoms with Crippen molar-refractivity contribution in [2.75, 3.05) is 13.2 Å². The molecule has 27 heavy (non-hydrogen) atoms. The lowest BCUT2D eigenvalue weighted by Crippen LogP contribution is -2.67. The molecule has 1 heterocycles. The summed E-state index contributed by atoms with van der Waals surface area (Å²) in [6.45, 7) is 6.57. The van der Waals surface area contributed by atoms with Gasteiger partial charge in [0, 0.05) is 12.8 Å². The molecule has 2 aromatic rings. The van der Waals surface area contributed by atoms with Crippen molar-refractivity contribution in [2.24, 2.45) is 0 Å². The Morgan fingerprint density at radius 3 is 1.93 bits per heavy atom. The molecule has 4 nitrogen and oxygen atoms in total. The number of ether oxygens (including phenoxy) is 1. The molecule has 0 radical (unpaired) electrons. The number of aliphatic hydroxyl groups excluding tert-OH is 1. The van der Waals surface area contributed by atoms with Crippen molar-refractivity contribution in [1.29, 1.82) is 0 Å². The maximum Gasteiger partial charge on any atom is 0.306 e. The van der Waals surface area contributed by atoms with E-state index in [-0.39, 0.29) is 24.2 Å². The van der Waals surface area contributed by atoms with Crippen LogP contribution in [-0.2, 0) is 14.0 Å². The van der Waals surface area contributed by atoms with Crippen LogP contribution in [0.2, 0.25) is 5.04 Å². The minimum atomic E-state index is -2.70. The molecule has 0 aromatic heterocycles. The first-order valence-electron chi connectivity index (χ1n) is 9.41. The molecule has 0 aliphatic carbocycles. The maximum absolute atomic E-state index is 11.7. The van der Waals surface area contributed by atoms with Crippen LogP contribution in [0.5, 0.6) is 0 Å². The Hall–Kier alpha value is -1.95. The lowest BCUT2D eigenvalue weighted by Gasteiger charge is -2.44. The average molecular weight is 385 g/mol. The first-order valence-corrected chi connectivity index (χ1v) is 11.3. The highest BCUT2D eigenvalue weighted by atomic mass is 28.4. The summed E-state index contributed by atoms with van der Waals surface area (Å²) < 4.78 is 12.3. The van der Waals surface area contributed by atoms with Crippen molar-refractivity contribution >= 4 is 24.7 Å². The predicted molar refractivity (Wildman–Crippen MR) is 109 cm³/mol. The van der Waals surface area contributed by atoms with E-state index in [2.05, 4.69) is 45.0 Å². The van der Waals surface area contributed by atoms with E-state index in [9.17, 15) is 9.90 Å². The number of carbonyl (C=O) groups is 1. The molecular weight excluding hydrogens is 356 g/mol. The third kappa shape index (κ3) is 3.72. The van der Waals surface area contributed by atoms with Crippen molar-refractivity contribution in [1.82, 2.24) is 0 Å². The minimum absolute atomic E-state index is 0.158. The van der Waals surface area contributed by atoms with Gasteiger partial charge in [0.05, 0.1) is 13.2 Å². The molecular formula is C22H28O4Si. The summed E-state index contributed by atoms with van der Waals surface area (Å²) in [5, 5.41) is 12.1. The van der Waals surface area contributed by atoms with Gasteiger partial charge in [-0.25, -0.2) is 0 Å². The highest BCUT2D eigenvalue weighted by Crippen LogP contribution is 2.38. The van der Waals surface area contributed by atoms with Gasteiger partial charge >= 0.3 is 5.97 Å². The van der Waals surface area contributed by atoms with E-state index in [1.165, 1.54) is 10.4 Å². The quantitative estimate of drug-likeness (QED) is 0.614. The number of carbonyl (C=O) groups excluding carboxylic acids is 1. The van der Waals surface area contributed by atoms with Gasteiger partial charge < -0.3 is 14.3 Å². The van der Waals surface area contributed by atoms with Crippen LogP contribution in [0.25, 0.3) is 0 Å². The molecule has 3 rings (SSSR count). The Labute approximate surface area is 162 Å². The predicted octanol–water partition coefficient (Wildman–Crippen LogP) is 2.63. The second-order valence-corrected chi connectivity index (χ2v) is 12.6. The summed E-state index contributed by atoms with van der Waals surface area (Å²) in [5.74, 6) is -0.268. The summed E-state index contributed by atoms with van der Waals surface area (Å²) in [7, 11) is -2.70. The van der Waals surface area contributed by atoms with Gasteiger partial charge in [0.1, 0.15) is 0 Å². The Morgan fingerprint density at radius 1 is 1.04 bits per heavy atom. The second-order valence-electron chi connectivity index (χ2n) is 8.27. The van der Waals surface area contributed by atoms with E-state index in [1.807, 2.05) is 36.4 Å². The van der Waals surface area contributed by atoms with Gasteiger partial charge in [-0.05, 0) is 15.4 Å². The van der Waals surface area contributed by atoms with Crippen molar-refractivity contribution in [3.05, 3.63) is 60.7 Å². The fraction of sp³-hybridized carbons (Fsp3) is 0.409. The van der Waals surface area contributed by atoms with Gasteiger partial charge in [0.2, 0.25) is 0 Å². The number of hydrogen-bond acceptors (Lipinski definition) is 4. The molecule has 144 valence electrons. The molecule has 2 aromatic carbocycles. The Balaban J connectivity index is 2.08. The van der Waals surface area contributed by atoms with E-state index in [0.29, 0.717) is 12.8 Å². The van der Waals surface area contributed by atoms with Crippen LogP contribution in [-0.4, -0.2) is 38.2 Å². The number of hydrogen-bond donors (Lipinski definition) is 1. The number of rotatable bonds is 6. The van der Waals surface area contributed by atoms with Crippen molar-refractivity contribution in [2.45, 2.75) is 44.3 Å². The second kappa shape index (κ2) is 7.58. The summed E-state index contributed by atoms with van der Waals surface area (Å²) in [5.41, 5.74) is -0.940. The van der Waals surface area contributed by atoms with Crippen LogP contribution in [0.1, 0.15) is 33.6 Å². The van der Waals surface area contributed by atoms with E-state index in [0.717, 1.165) is 0 Å². The number of cyclic esters (lactones) is 1. The zero-order valence-corrected chi connectivity index (χ0v) is 17.3. The van der Waals surface area contributed by atoms with Gasteiger partial charge in [-0.1, -0.05) is 81.4 Å². The smallest absolute Gasteiger partial charge is 0.306 e. The lowest BCUT2D eigenvalue weighted by molar-refractivity contribution is -0.154. The standard InChI is InChI=1S/C22H28O4Si/c1-21(2,3)27(18-10-6-4-7-11-18,19-12-8-5-9-13-19)25-17-22(16-23)15-14-20(24)26-22/h4-13,23H,14-17H2,1-3H3. The number of benzene rings is 2. The van der Waals surface area contributed by atoms with Crippen molar-refractivity contribution in [3.63, 3.8) is 0 Å². The highest BCUT2D eigenvalue weighted by molar-refractivity contribution is 6.99. The van der Waals surface area contributed by atoms with Gasteiger partial charge in [-0.3, -0.25) is 4.79 Å². The monoisotopic (exact) mass is 384 g/mol. The van der Waals surface area contributed by atoms with Crippen molar-refractivity contribution < 1.29 is 19.1 Å². The van der Waals surface area contributed by atoms with Gasteiger partial charge in [0.25, 0.3) is 8.32 Å². The topological polar surface area (TPSA) is 55.8 Å². The maximum atomic E-state index is 11.7. The highest BCUT2D eigenvalue weighted by Gasteiger charge is 2.52. The van der Waals surface area contributed by atoms with Crippen LogP contribution in [0, 0.1) is 0 Å². The van der Waals surface area contributed by atoms with Crippen LogP contribution in [0.3, 0.4) is 0 Å². The third-order valence-corrected chi connectivity index (χ3v) is 10.4.